The Morgan fingerprint density at radius 1 is 1.33 bits per heavy atom. The first-order valence-electron chi connectivity index (χ1n) is 4.35. The maximum atomic E-state index is 11.4. The van der Waals surface area contributed by atoms with Crippen molar-refractivity contribution in [3.63, 3.8) is 0 Å². The van der Waals surface area contributed by atoms with Crippen molar-refractivity contribution >= 4 is 29.0 Å². The number of rotatable bonds is 1. The number of carbonyl (C=O) groups excluding carboxylic acids is 1. The van der Waals surface area contributed by atoms with Crippen LogP contribution in [-0.2, 0) is 0 Å². The number of nitrogens with zero attached hydrogens (tertiary/aromatic N) is 1. The van der Waals surface area contributed by atoms with E-state index in [1.807, 2.05) is 0 Å². The van der Waals surface area contributed by atoms with Gasteiger partial charge in [0.25, 0.3) is 0 Å². The van der Waals surface area contributed by atoms with Crippen LogP contribution in [0, 0.1) is 0 Å². The second-order valence-corrected chi connectivity index (χ2v) is 3.98. The van der Waals surface area contributed by atoms with Crippen LogP contribution in [0.1, 0.15) is 17.3 Å². The molecular weight excluding hydrogens is 233 g/mol. The number of fused-ring (bicyclic) bond motifs is 1. The van der Waals surface area contributed by atoms with E-state index in [2.05, 4.69) is 4.98 Å². The van der Waals surface area contributed by atoms with E-state index < -0.39 is 0 Å². The number of Topliss-reactive ketones (excluding diaryl/α,β-unsaturated/α-hetero) is 1. The van der Waals surface area contributed by atoms with Crippen molar-refractivity contribution in [1.29, 1.82) is 0 Å². The van der Waals surface area contributed by atoms with Gasteiger partial charge < -0.3 is 0 Å². The lowest BCUT2D eigenvalue weighted by Gasteiger charge is -1.94. The second-order valence-electron chi connectivity index (χ2n) is 3.19. The number of hydrogen-bond acceptors (Lipinski definition) is 2. The van der Waals surface area contributed by atoms with Crippen LogP contribution < -0.4 is 0 Å². The number of carbonyl (C=O) groups is 1. The molecule has 1 aliphatic carbocycles. The molecule has 0 saturated heterocycles. The largest absolute Gasteiger partial charge is 0.294 e. The van der Waals surface area contributed by atoms with Gasteiger partial charge in [0.15, 0.2) is 5.78 Å². The van der Waals surface area contributed by atoms with E-state index in [0.29, 0.717) is 21.8 Å². The summed E-state index contributed by atoms with van der Waals surface area (Å²) in [6, 6.07) is 6.99. The van der Waals surface area contributed by atoms with Gasteiger partial charge in [-0.3, -0.25) is 4.79 Å². The van der Waals surface area contributed by atoms with E-state index in [1.54, 1.807) is 24.3 Å². The lowest BCUT2D eigenvalue weighted by atomic mass is 10.1. The summed E-state index contributed by atoms with van der Waals surface area (Å²) in [7, 11) is 0. The molecular formula is C11H7Cl2NO. The molecule has 2 nitrogen and oxygen atoms in total. The van der Waals surface area contributed by atoms with E-state index in [9.17, 15) is 4.79 Å². The Labute approximate surface area is 97.2 Å². The van der Waals surface area contributed by atoms with Crippen LogP contribution in [0.15, 0.2) is 24.3 Å². The Bertz CT molecular complexity index is 510. The SMILES string of the molecule is CC(=O)c1c2cc(Cl)cccc-2nc1Cl. The molecule has 0 bridgehead atoms. The molecule has 0 unspecified atom stereocenters. The standard InChI is InChI=1S/C11H7Cl2NO/c1-6(15)10-8-5-7(12)3-2-4-9(8)14-11(10)13/h2-5H,1H3. The molecule has 1 heterocycles. The molecule has 0 radical (unpaired) electrons. The molecule has 0 aromatic rings. The third kappa shape index (κ3) is 1.83. The van der Waals surface area contributed by atoms with Crippen LogP contribution in [0.4, 0.5) is 0 Å². The Balaban J connectivity index is 2.80. The fraction of sp³-hybridized carbons (Fsp3) is 0.0909. The van der Waals surface area contributed by atoms with Crippen LogP contribution in [0.25, 0.3) is 11.3 Å². The Hall–Kier alpha value is -1.12. The van der Waals surface area contributed by atoms with E-state index in [4.69, 9.17) is 23.2 Å². The summed E-state index contributed by atoms with van der Waals surface area (Å²) < 4.78 is 0. The Morgan fingerprint density at radius 3 is 2.73 bits per heavy atom. The van der Waals surface area contributed by atoms with Crippen molar-refractivity contribution in [3.8, 4) is 11.3 Å². The summed E-state index contributed by atoms with van der Waals surface area (Å²) in [5.74, 6) is -0.107. The molecule has 0 spiro atoms. The third-order valence-corrected chi connectivity index (χ3v) is 2.62. The molecule has 2 aliphatic rings. The Kier molecular flexibility index (Phi) is 2.63. The van der Waals surface area contributed by atoms with Crippen LogP contribution in [0.5, 0.6) is 0 Å². The molecule has 15 heavy (non-hydrogen) atoms. The van der Waals surface area contributed by atoms with Crippen LogP contribution >= 0.6 is 23.2 Å². The average Bonchev–Trinajstić information content (AvgIpc) is 2.32. The molecule has 0 fully saturated rings. The maximum absolute atomic E-state index is 11.4. The van der Waals surface area contributed by atoms with Gasteiger partial charge in [0, 0.05) is 10.6 Å². The van der Waals surface area contributed by atoms with Crippen LogP contribution in [-0.4, -0.2) is 10.8 Å². The molecule has 0 saturated carbocycles. The summed E-state index contributed by atoms with van der Waals surface area (Å²) in [6.07, 6.45) is 0. The number of halogens is 2. The quantitative estimate of drug-likeness (QED) is 0.711. The second kappa shape index (κ2) is 3.80. The highest BCUT2D eigenvalue weighted by atomic mass is 35.5. The third-order valence-electron chi connectivity index (χ3n) is 2.11. The topological polar surface area (TPSA) is 30.0 Å². The van der Waals surface area contributed by atoms with E-state index in [0.717, 1.165) is 0 Å². The zero-order valence-corrected chi connectivity index (χ0v) is 9.43. The van der Waals surface area contributed by atoms with E-state index >= 15 is 0 Å². The molecule has 4 heteroatoms. The molecule has 1 aliphatic heterocycles. The minimum Gasteiger partial charge on any atom is -0.294 e. The van der Waals surface area contributed by atoms with Gasteiger partial charge in [-0.25, -0.2) is 4.98 Å². The van der Waals surface area contributed by atoms with Crippen LogP contribution in [0.3, 0.4) is 0 Å². The van der Waals surface area contributed by atoms with Gasteiger partial charge in [-0.1, -0.05) is 29.3 Å². The monoisotopic (exact) mass is 239 g/mol. The number of aromatic nitrogens is 1. The van der Waals surface area contributed by atoms with Crippen molar-refractivity contribution in [2.75, 3.05) is 0 Å². The smallest absolute Gasteiger partial charge is 0.163 e. The van der Waals surface area contributed by atoms with Crippen molar-refractivity contribution in [2.45, 2.75) is 6.92 Å². The Morgan fingerprint density at radius 2 is 2.07 bits per heavy atom. The highest BCUT2D eigenvalue weighted by Crippen LogP contribution is 2.32. The van der Waals surface area contributed by atoms with Crippen molar-refractivity contribution in [1.82, 2.24) is 4.98 Å². The molecule has 0 amide bonds. The predicted octanol–water partition coefficient (Wildman–Crippen LogP) is 3.70. The average molecular weight is 240 g/mol. The number of ketones is 1. The van der Waals surface area contributed by atoms with E-state index in [1.165, 1.54) is 6.92 Å². The fourth-order valence-corrected chi connectivity index (χ4v) is 1.99. The summed E-state index contributed by atoms with van der Waals surface area (Å²) >= 11 is 11.8. The minimum absolute atomic E-state index is 0.107. The van der Waals surface area contributed by atoms with Gasteiger partial charge in [-0.15, -0.1) is 0 Å². The lowest BCUT2D eigenvalue weighted by molar-refractivity contribution is 0.101. The predicted molar refractivity (Wildman–Crippen MR) is 60.9 cm³/mol. The molecule has 0 N–H and O–H groups in total. The van der Waals surface area contributed by atoms with Gasteiger partial charge in [-0.2, -0.15) is 0 Å². The first-order chi connectivity index (χ1) is 7.09. The summed E-state index contributed by atoms with van der Waals surface area (Å²) in [5.41, 5.74) is 1.81. The maximum Gasteiger partial charge on any atom is 0.163 e. The van der Waals surface area contributed by atoms with Gasteiger partial charge in [0.05, 0.1) is 11.3 Å². The van der Waals surface area contributed by atoms with Crippen molar-refractivity contribution in [2.24, 2.45) is 0 Å². The molecule has 0 aromatic heterocycles. The molecule has 2 rings (SSSR count). The van der Waals surface area contributed by atoms with Gasteiger partial charge in [0.1, 0.15) is 5.15 Å². The van der Waals surface area contributed by atoms with Gasteiger partial charge >= 0.3 is 0 Å². The first kappa shape index (κ1) is 10.4. The zero-order valence-electron chi connectivity index (χ0n) is 7.92. The summed E-state index contributed by atoms with van der Waals surface area (Å²) in [6.45, 7) is 1.46. The lowest BCUT2D eigenvalue weighted by Crippen LogP contribution is -1.91. The van der Waals surface area contributed by atoms with Crippen molar-refractivity contribution < 1.29 is 4.79 Å². The van der Waals surface area contributed by atoms with Gasteiger partial charge in [0.2, 0.25) is 0 Å². The normalized spacial score (nSPS) is 10.6. The first-order valence-corrected chi connectivity index (χ1v) is 5.11. The highest BCUT2D eigenvalue weighted by molar-refractivity contribution is 6.34. The van der Waals surface area contributed by atoms with E-state index in [-0.39, 0.29) is 10.9 Å². The highest BCUT2D eigenvalue weighted by Gasteiger charge is 2.19. The fourth-order valence-electron chi connectivity index (χ4n) is 1.49. The summed E-state index contributed by atoms with van der Waals surface area (Å²) in [5, 5.41) is 0.788. The molecule has 0 atom stereocenters. The van der Waals surface area contributed by atoms with Gasteiger partial charge in [-0.05, 0) is 25.1 Å². The van der Waals surface area contributed by atoms with Crippen LogP contribution in [0.2, 0.25) is 10.2 Å². The molecule has 0 aromatic carbocycles. The van der Waals surface area contributed by atoms with Crippen molar-refractivity contribution in [3.05, 3.63) is 40.0 Å². The molecule has 76 valence electrons. The minimum atomic E-state index is -0.107. The zero-order chi connectivity index (χ0) is 11.0. The summed E-state index contributed by atoms with van der Waals surface area (Å²) in [4.78, 5) is 15.5. The number of hydrogen-bond donors (Lipinski definition) is 0.